The van der Waals surface area contributed by atoms with E-state index in [0.717, 1.165) is 17.6 Å². The van der Waals surface area contributed by atoms with Crippen LogP contribution in [0.3, 0.4) is 0 Å². The number of hydrogen-bond acceptors (Lipinski definition) is 16. The summed E-state index contributed by atoms with van der Waals surface area (Å²) in [6, 6.07) is 6.46. The average Bonchev–Trinajstić information content (AvgIpc) is 1.76. The fourth-order valence-electron chi connectivity index (χ4n) is 11.2. The number of ether oxygens (including phenoxy) is 6. The van der Waals surface area contributed by atoms with Crippen LogP contribution in [-0.4, -0.2) is 146 Å². The van der Waals surface area contributed by atoms with Gasteiger partial charge < -0.3 is 54.8 Å². The molecule has 4 bridgehead atoms. The van der Waals surface area contributed by atoms with Crippen molar-refractivity contribution >= 4 is 87.6 Å². The number of hydrogen-bond donors (Lipinski definition) is 5. The molecule has 0 saturated carbocycles. The topological polar surface area (TPSA) is 284 Å². The number of nitrogens with zero attached hydrogens (tertiary/aromatic N) is 2. The van der Waals surface area contributed by atoms with E-state index >= 15 is 0 Å². The Bertz CT molecular complexity index is 2920. The number of fused-ring (bicyclic) bond motifs is 5. The van der Waals surface area contributed by atoms with Gasteiger partial charge in [0.25, 0.3) is 0 Å². The number of unbranched alkanes of at least 4 members (excludes halogenated alkanes) is 2. The molecule has 84 heavy (non-hydrogen) atoms. The highest BCUT2D eigenvalue weighted by molar-refractivity contribution is 7.80. The number of esters is 1. The quantitative estimate of drug-likeness (QED) is 0.0179. The first-order valence-electron chi connectivity index (χ1n) is 28.3. The second-order valence-electron chi connectivity index (χ2n) is 22.7. The van der Waals surface area contributed by atoms with E-state index in [1.54, 1.807) is 71.2 Å². The summed E-state index contributed by atoms with van der Waals surface area (Å²) in [7, 11) is 5.84. The molecule has 23 heteroatoms. The largest absolute Gasteiger partial charge is 0.495 e. The number of urea groups is 1. The maximum atomic E-state index is 14.5. The number of halogens is 1. The van der Waals surface area contributed by atoms with Crippen molar-refractivity contribution in [3.05, 3.63) is 82.4 Å². The van der Waals surface area contributed by atoms with Gasteiger partial charge in [0.05, 0.1) is 56.5 Å². The third-order valence-corrected chi connectivity index (χ3v) is 16.9. The van der Waals surface area contributed by atoms with Crippen molar-refractivity contribution in [1.29, 1.82) is 0 Å². The van der Waals surface area contributed by atoms with E-state index < -0.39 is 89.8 Å². The molecule has 1 unspecified atom stereocenters. The molecule has 0 aliphatic carbocycles. The van der Waals surface area contributed by atoms with Crippen LogP contribution < -0.4 is 36.1 Å². The van der Waals surface area contributed by atoms with Gasteiger partial charge in [-0.25, -0.2) is 9.59 Å². The van der Waals surface area contributed by atoms with Crippen molar-refractivity contribution < 1.29 is 71.9 Å². The number of thiocarbonyl (C=S) groups is 1. The van der Waals surface area contributed by atoms with Gasteiger partial charge in [0.1, 0.15) is 46.0 Å². The van der Waals surface area contributed by atoms with Crippen molar-refractivity contribution in [3.63, 3.8) is 0 Å². The van der Waals surface area contributed by atoms with Gasteiger partial charge in [0.2, 0.25) is 23.6 Å². The van der Waals surface area contributed by atoms with Gasteiger partial charge in [-0.3, -0.25) is 39.0 Å². The molecule has 3 fully saturated rings. The summed E-state index contributed by atoms with van der Waals surface area (Å²) in [5.74, 6) is -3.40. The zero-order valence-electron chi connectivity index (χ0n) is 49.5. The van der Waals surface area contributed by atoms with Gasteiger partial charge in [-0.1, -0.05) is 86.1 Å². The Labute approximate surface area is 501 Å². The van der Waals surface area contributed by atoms with E-state index in [1.807, 2.05) is 13.0 Å². The summed E-state index contributed by atoms with van der Waals surface area (Å²) < 4.78 is 35.4. The summed E-state index contributed by atoms with van der Waals surface area (Å²) in [4.78, 5) is 109. The number of imide groups is 1. The van der Waals surface area contributed by atoms with Crippen LogP contribution in [0.2, 0.25) is 5.02 Å². The maximum Gasteiger partial charge on any atom is 0.412 e. The Morgan fingerprint density at radius 2 is 1.73 bits per heavy atom. The average molecular weight is 1210 g/mol. The molecule has 2 aromatic rings. The number of amides is 7. The Morgan fingerprint density at radius 1 is 1.00 bits per heavy atom. The fraction of sp³-hybridized carbons (Fsp3) is 0.557. The molecule has 4 heterocycles. The SMILES string of the molecule is C=C(C)[C@H](CC(=S)CCCCCN1C(=O)CC(C)C1=O)C(=O)N[C@@H](CCCNC(N)=O)C(=O)Cc1ccc(NC(=O)O[C@H]2CC(=O)N(C)c3cc(cc(OC)c3Cl)C/C(C)=C/C=C/[C@@H](OC)[C@]3(O)CC(=O)O[C@@H](C3)[C@@H](C)[C@@H]3O[C@@]23C)c(OC)c1. The lowest BCUT2D eigenvalue weighted by Gasteiger charge is -2.41. The molecular weight excluding hydrogens is 1120 g/mol. The predicted octanol–water partition coefficient (Wildman–Crippen LogP) is 7.58. The van der Waals surface area contributed by atoms with Crippen LogP contribution in [0.5, 0.6) is 11.5 Å². The summed E-state index contributed by atoms with van der Waals surface area (Å²) >= 11 is 12.6. The minimum atomic E-state index is -1.65. The first-order chi connectivity index (χ1) is 39.7. The first-order valence-corrected chi connectivity index (χ1v) is 29.1. The van der Waals surface area contributed by atoms with E-state index in [9.17, 15) is 43.5 Å². The lowest BCUT2D eigenvalue weighted by Crippen LogP contribution is -2.53. The molecule has 10 atom stereocenters. The Morgan fingerprint density at radius 3 is 2.38 bits per heavy atom. The normalized spacial score (nSPS) is 26.1. The van der Waals surface area contributed by atoms with Crippen LogP contribution in [0.15, 0.2) is 66.3 Å². The molecule has 0 radical (unpaired) electrons. The van der Waals surface area contributed by atoms with Gasteiger partial charge in [0, 0.05) is 58.3 Å². The Balaban J connectivity index is 1.18. The van der Waals surface area contributed by atoms with Gasteiger partial charge >= 0.3 is 18.1 Å². The number of methoxy groups -OCH3 is 3. The number of nitrogens with two attached hydrogens (primary N) is 1. The van der Waals surface area contributed by atoms with E-state index in [2.05, 4.69) is 22.5 Å². The van der Waals surface area contributed by atoms with Crippen LogP contribution in [0.4, 0.5) is 21.0 Å². The van der Waals surface area contributed by atoms with Crippen LogP contribution in [0.1, 0.15) is 116 Å². The molecule has 6 rings (SSSR count). The second kappa shape index (κ2) is 29.4. The van der Waals surface area contributed by atoms with Gasteiger partial charge in [0.15, 0.2) is 5.78 Å². The highest BCUT2D eigenvalue weighted by atomic mass is 35.5. The summed E-state index contributed by atoms with van der Waals surface area (Å²) in [5, 5.41) is 20.3. The van der Waals surface area contributed by atoms with Gasteiger partial charge in [-0.15, -0.1) is 0 Å². The van der Waals surface area contributed by atoms with Crippen LogP contribution in [0, 0.1) is 17.8 Å². The summed E-state index contributed by atoms with van der Waals surface area (Å²) in [5.41, 5.74) is 5.49. The molecule has 4 aliphatic heterocycles. The van der Waals surface area contributed by atoms with Crippen molar-refractivity contribution in [2.75, 3.05) is 51.7 Å². The van der Waals surface area contributed by atoms with E-state index in [1.165, 1.54) is 37.2 Å². The van der Waals surface area contributed by atoms with Crippen molar-refractivity contribution in [2.24, 2.45) is 23.5 Å². The number of benzene rings is 2. The molecule has 7 amide bonds. The van der Waals surface area contributed by atoms with Gasteiger partial charge in [-0.2, -0.15) is 0 Å². The molecule has 4 aliphatic rings. The standard InChI is InChI=1S/C61H81ClN6O15S/c1-34(2)41(30-40(84)17-12-11-13-23-68-52(71)25-36(4)57(68)74)56(73)65-42(18-15-22-64-58(63)75)45(69)27-38-20-21-43(46(28-38)78-8)66-59(76)82-50-31-51(70)67(7)44-26-39(29-47(79-9)54(44)62)24-35(3)16-14-19-49(80-10)61(77)32-48(81-53(72)33-61)37(5)55-60(50,6)83-55/h14,16,19-21,26,28-29,36-37,41-42,48-50,55,77H,1,11-13,15,17-18,22-25,27,30-33H2,2-10H3,(H,65,73)(H,66,76)(H3,63,64,75)/b19-14+,35-16+/t36?,37-,41+,42+,48+,49-,50+,55+,60+,61-/m1/s1. The number of primary amides is 1. The Hall–Kier alpha value is -6.72. The third kappa shape index (κ3) is 17.0. The zero-order valence-corrected chi connectivity index (χ0v) is 51.0. The van der Waals surface area contributed by atoms with Crippen LogP contribution >= 0.6 is 23.8 Å². The highest BCUT2D eigenvalue weighted by Crippen LogP contribution is 2.50. The number of nitrogens with one attached hydrogen (secondary N) is 3. The summed E-state index contributed by atoms with van der Waals surface area (Å²) in [6.45, 7) is 13.4. The number of epoxide rings is 1. The number of Topliss-reactive ketones (excluding diaryl/α,β-unsaturated/α-hetero) is 1. The Kier molecular flexibility index (Phi) is 23.2. The van der Waals surface area contributed by atoms with E-state index in [0.29, 0.717) is 66.1 Å². The molecule has 0 spiro atoms. The molecule has 3 saturated heterocycles. The third-order valence-electron chi connectivity index (χ3n) is 16.2. The van der Waals surface area contributed by atoms with E-state index in [-0.39, 0.29) is 85.0 Å². The van der Waals surface area contributed by atoms with E-state index in [4.69, 9.17) is 58.0 Å². The molecule has 458 valence electrons. The van der Waals surface area contributed by atoms with Crippen LogP contribution in [0.25, 0.3) is 0 Å². The monoisotopic (exact) mass is 1200 g/mol. The first kappa shape index (κ1) is 66.4. The number of allylic oxidation sites excluding steroid dienone is 3. The molecule has 0 aromatic heterocycles. The molecule has 21 nitrogen and oxygen atoms in total. The van der Waals surface area contributed by atoms with Gasteiger partial charge in [-0.05, 0) is 106 Å². The van der Waals surface area contributed by atoms with Crippen molar-refractivity contribution in [2.45, 2.75) is 160 Å². The smallest absolute Gasteiger partial charge is 0.412 e. The van der Waals surface area contributed by atoms with Crippen molar-refractivity contribution in [1.82, 2.24) is 15.5 Å². The van der Waals surface area contributed by atoms with Crippen LogP contribution in [-0.2, 0) is 60.6 Å². The maximum absolute atomic E-state index is 14.5. The lowest BCUT2D eigenvalue weighted by molar-refractivity contribution is -0.187. The number of carbonyl (C=O) groups excluding carboxylic acids is 8. The number of carbonyl (C=O) groups is 8. The number of anilines is 2. The number of likely N-dealkylation sites (tertiary alicyclic amines) is 1. The number of ketones is 1. The minimum Gasteiger partial charge on any atom is -0.495 e. The lowest BCUT2D eigenvalue weighted by atomic mass is 9.78. The zero-order chi connectivity index (χ0) is 61.8. The highest BCUT2D eigenvalue weighted by Gasteiger charge is 2.64. The molecule has 6 N–H and O–H groups in total. The minimum absolute atomic E-state index is 0.00572. The fourth-order valence-corrected chi connectivity index (χ4v) is 11.8. The molecular formula is C61H81ClN6O15S. The summed E-state index contributed by atoms with van der Waals surface area (Å²) in [6.07, 6.45) is 3.53. The predicted molar refractivity (Wildman–Crippen MR) is 319 cm³/mol. The number of aliphatic hydroxyl groups is 1. The molecule has 2 aromatic carbocycles. The van der Waals surface area contributed by atoms with Crippen molar-refractivity contribution in [3.8, 4) is 11.5 Å². The second-order valence-corrected chi connectivity index (χ2v) is 23.7. The number of rotatable bonds is 23.